The van der Waals surface area contributed by atoms with Crippen molar-refractivity contribution in [1.29, 1.82) is 5.41 Å². The fourth-order valence-electron chi connectivity index (χ4n) is 1.62. The molecule has 0 radical (unpaired) electrons. The van der Waals surface area contributed by atoms with Crippen LogP contribution in [-0.4, -0.2) is 10.8 Å². The summed E-state index contributed by atoms with van der Waals surface area (Å²) in [7, 11) is 0. The second kappa shape index (κ2) is 4.87. The van der Waals surface area contributed by atoms with Gasteiger partial charge in [0, 0.05) is 6.20 Å². The Balaban J connectivity index is 2.40. The van der Waals surface area contributed by atoms with Crippen LogP contribution in [0.3, 0.4) is 0 Å². The summed E-state index contributed by atoms with van der Waals surface area (Å²) >= 11 is 0. The third kappa shape index (κ3) is 2.32. The molecule has 0 aliphatic rings. The number of benzene rings is 1. The molecule has 3 N–H and O–H groups in total. The second-order valence-electron chi connectivity index (χ2n) is 4.07. The van der Waals surface area contributed by atoms with Crippen molar-refractivity contribution in [2.45, 2.75) is 13.8 Å². The van der Waals surface area contributed by atoms with Gasteiger partial charge in [-0.05, 0) is 43.2 Å². The van der Waals surface area contributed by atoms with Crippen LogP contribution in [0.2, 0.25) is 0 Å². The van der Waals surface area contributed by atoms with Crippen molar-refractivity contribution in [3.05, 3.63) is 53.2 Å². The maximum atomic E-state index is 7.50. The van der Waals surface area contributed by atoms with E-state index in [4.69, 9.17) is 15.9 Å². The number of nitrogens with zero attached hydrogens (tertiary/aromatic N) is 1. The number of nitrogen functional groups attached to an aromatic ring is 1. The van der Waals surface area contributed by atoms with E-state index in [0.717, 1.165) is 16.9 Å². The summed E-state index contributed by atoms with van der Waals surface area (Å²) in [5.74, 6) is 1.04. The number of pyridine rings is 1. The number of hydrogen-bond donors (Lipinski definition) is 2. The van der Waals surface area contributed by atoms with E-state index in [9.17, 15) is 0 Å². The first-order valence-corrected chi connectivity index (χ1v) is 5.63. The number of amidine groups is 1. The zero-order valence-electron chi connectivity index (χ0n) is 10.4. The Bertz CT molecular complexity index is 593. The van der Waals surface area contributed by atoms with Gasteiger partial charge in [0.2, 0.25) is 5.88 Å². The first-order chi connectivity index (χ1) is 8.59. The van der Waals surface area contributed by atoms with Crippen LogP contribution in [-0.2, 0) is 0 Å². The van der Waals surface area contributed by atoms with Gasteiger partial charge >= 0.3 is 0 Å². The van der Waals surface area contributed by atoms with E-state index in [1.54, 1.807) is 18.3 Å². The number of rotatable bonds is 3. The minimum atomic E-state index is -0.0524. The van der Waals surface area contributed by atoms with E-state index >= 15 is 0 Å². The molecule has 18 heavy (non-hydrogen) atoms. The summed E-state index contributed by atoms with van der Waals surface area (Å²) in [5, 5.41) is 7.50. The van der Waals surface area contributed by atoms with Crippen LogP contribution in [0.5, 0.6) is 11.6 Å². The molecule has 1 aromatic carbocycles. The lowest BCUT2D eigenvalue weighted by Gasteiger charge is -2.11. The SMILES string of the molecule is Cc1cccc(Oc2ncccc2C(=N)N)c1C. The quantitative estimate of drug-likeness (QED) is 0.641. The zero-order valence-corrected chi connectivity index (χ0v) is 10.4. The van der Waals surface area contributed by atoms with Gasteiger partial charge in [0.05, 0.1) is 5.56 Å². The molecule has 4 heteroatoms. The van der Waals surface area contributed by atoms with Crippen molar-refractivity contribution < 1.29 is 4.74 Å². The average Bonchev–Trinajstić information content (AvgIpc) is 2.35. The second-order valence-corrected chi connectivity index (χ2v) is 4.07. The van der Waals surface area contributed by atoms with Gasteiger partial charge in [0.1, 0.15) is 11.6 Å². The molecular formula is C14H15N3O. The summed E-state index contributed by atoms with van der Waals surface area (Å²) in [5.41, 5.74) is 8.20. The van der Waals surface area contributed by atoms with Crippen molar-refractivity contribution in [2.75, 3.05) is 0 Å². The largest absolute Gasteiger partial charge is 0.438 e. The molecule has 2 aromatic rings. The van der Waals surface area contributed by atoms with Gasteiger partial charge in [0.25, 0.3) is 0 Å². The molecule has 0 atom stereocenters. The number of aromatic nitrogens is 1. The third-order valence-electron chi connectivity index (χ3n) is 2.82. The predicted molar refractivity (Wildman–Crippen MR) is 71.2 cm³/mol. The molecule has 0 saturated carbocycles. The van der Waals surface area contributed by atoms with Crippen molar-refractivity contribution >= 4 is 5.84 Å². The van der Waals surface area contributed by atoms with Gasteiger partial charge in [-0.1, -0.05) is 12.1 Å². The van der Waals surface area contributed by atoms with E-state index in [1.807, 2.05) is 32.0 Å². The maximum absolute atomic E-state index is 7.50. The number of hydrogen-bond acceptors (Lipinski definition) is 3. The number of nitrogens with one attached hydrogen (secondary N) is 1. The van der Waals surface area contributed by atoms with E-state index in [1.165, 1.54) is 0 Å². The zero-order chi connectivity index (χ0) is 13.1. The summed E-state index contributed by atoms with van der Waals surface area (Å²) in [4.78, 5) is 4.12. The lowest BCUT2D eigenvalue weighted by atomic mass is 10.1. The standard InChI is InChI=1S/C14H15N3O/c1-9-5-3-7-12(10(9)2)18-14-11(13(15)16)6-4-8-17-14/h3-8H,1-2H3,(H3,15,16). The van der Waals surface area contributed by atoms with Gasteiger partial charge in [-0.2, -0.15) is 0 Å². The maximum Gasteiger partial charge on any atom is 0.230 e. The molecule has 1 aromatic heterocycles. The van der Waals surface area contributed by atoms with Crippen LogP contribution in [0.1, 0.15) is 16.7 Å². The topological polar surface area (TPSA) is 72.0 Å². The molecule has 1 heterocycles. The summed E-state index contributed by atoms with van der Waals surface area (Å²) in [6.45, 7) is 4.01. The Hall–Kier alpha value is -2.36. The lowest BCUT2D eigenvalue weighted by molar-refractivity contribution is 0.458. The van der Waals surface area contributed by atoms with E-state index in [-0.39, 0.29) is 5.84 Å². The Morgan fingerprint density at radius 1 is 1.22 bits per heavy atom. The summed E-state index contributed by atoms with van der Waals surface area (Å²) < 4.78 is 5.75. The van der Waals surface area contributed by atoms with Crippen molar-refractivity contribution in [3.63, 3.8) is 0 Å². The highest BCUT2D eigenvalue weighted by Crippen LogP contribution is 2.27. The first kappa shape index (κ1) is 12.1. The van der Waals surface area contributed by atoms with Crippen molar-refractivity contribution in [1.82, 2.24) is 4.98 Å². The van der Waals surface area contributed by atoms with Gasteiger partial charge in [-0.25, -0.2) is 4.98 Å². The van der Waals surface area contributed by atoms with Crippen LogP contribution in [0.4, 0.5) is 0 Å². The van der Waals surface area contributed by atoms with Crippen LogP contribution in [0, 0.1) is 19.3 Å². The first-order valence-electron chi connectivity index (χ1n) is 5.63. The Morgan fingerprint density at radius 3 is 2.72 bits per heavy atom. The van der Waals surface area contributed by atoms with Gasteiger partial charge in [0.15, 0.2) is 0 Å². The third-order valence-corrected chi connectivity index (χ3v) is 2.82. The number of nitrogens with two attached hydrogens (primary N) is 1. The molecule has 0 fully saturated rings. The smallest absolute Gasteiger partial charge is 0.230 e. The van der Waals surface area contributed by atoms with Crippen LogP contribution >= 0.6 is 0 Å². The Morgan fingerprint density at radius 2 is 2.00 bits per heavy atom. The van der Waals surface area contributed by atoms with Crippen LogP contribution < -0.4 is 10.5 Å². The number of aryl methyl sites for hydroxylation is 1. The van der Waals surface area contributed by atoms with E-state index in [0.29, 0.717) is 11.4 Å². The molecular weight excluding hydrogens is 226 g/mol. The molecule has 92 valence electrons. The highest BCUT2D eigenvalue weighted by Gasteiger charge is 2.10. The Labute approximate surface area is 106 Å². The number of ether oxygens (including phenoxy) is 1. The minimum absolute atomic E-state index is 0.0524. The van der Waals surface area contributed by atoms with Gasteiger partial charge < -0.3 is 10.5 Å². The minimum Gasteiger partial charge on any atom is -0.438 e. The monoisotopic (exact) mass is 241 g/mol. The lowest BCUT2D eigenvalue weighted by Crippen LogP contribution is -2.13. The molecule has 0 amide bonds. The molecule has 0 aliphatic carbocycles. The summed E-state index contributed by atoms with van der Waals surface area (Å²) in [6, 6.07) is 9.27. The fraction of sp³-hybridized carbons (Fsp3) is 0.143. The Kier molecular flexibility index (Phi) is 3.28. The molecule has 0 unspecified atom stereocenters. The molecule has 2 rings (SSSR count). The molecule has 0 saturated heterocycles. The summed E-state index contributed by atoms with van der Waals surface area (Å²) in [6.07, 6.45) is 1.62. The highest BCUT2D eigenvalue weighted by atomic mass is 16.5. The highest BCUT2D eigenvalue weighted by molar-refractivity contribution is 5.97. The van der Waals surface area contributed by atoms with Crippen LogP contribution in [0.25, 0.3) is 0 Å². The van der Waals surface area contributed by atoms with E-state index < -0.39 is 0 Å². The van der Waals surface area contributed by atoms with E-state index in [2.05, 4.69) is 4.98 Å². The van der Waals surface area contributed by atoms with Crippen LogP contribution in [0.15, 0.2) is 36.5 Å². The normalized spacial score (nSPS) is 10.1. The predicted octanol–water partition coefficient (Wildman–Crippen LogP) is 2.77. The van der Waals surface area contributed by atoms with Gasteiger partial charge in [-0.15, -0.1) is 0 Å². The molecule has 0 aliphatic heterocycles. The fourth-order valence-corrected chi connectivity index (χ4v) is 1.62. The molecule has 4 nitrogen and oxygen atoms in total. The average molecular weight is 241 g/mol. The molecule has 0 bridgehead atoms. The van der Waals surface area contributed by atoms with Gasteiger partial charge in [-0.3, -0.25) is 5.41 Å². The van der Waals surface area contributed by atoms with Crippen molar-refractivity contribution in [3.8, 4) is 11.6 Å². The molecule has 0 spiro atoms. The van der Waals surface area contributed by atoms with Crippen molar-refractivity contribution in [2.24, 2.45) is 5.73 Å².